The first kappa shape index (κ1) is 20.1. The molecule has 0 fully saturated rings. The molecule has 156 valence electrons. The topological polar surface area (TPSA) is 149 Å². The number of aryl methyl sites for hydroxylation is 1. The van der Waals surface area contributed by atoms with Gasteiger partial charge in [-0.05, 0) is 36.8 Å². The van der Waals surface area contributed by atoms with Gasteiger partial charge in [0.25, 0.3) is 11.4 Å². The number of nitro benzene ring substituents is 1. The number of nitrogens with zero attached hydrogens (tertiary/aromatic N) is 3. The second-order valence-electron chi connectivity index (χ2n) is 6.64. The number of pyridine rings is 1. The van der Waals surface area contributed by atoms with Crippen molar-refractivity contribution in [1.82, 2.24) is 10.1 Å². The van der Waals surface area contributed by atoms with E-state index in [0.717, 1.165) is 16.8 Å². The van der Waals surface area contributed by atoms with E-state index in [0.29, 0.717) is 16.8 Å². The van der Waals surface area contributed by atoms with Crippen LogP contribution in [0, 0.1) is 17.0 Å². The molecular weight excluding hydrogens is 424 g/mol. The highest BCUT2D eigenvalue weighted by Crippen LogP contribution is 2.33. The standard InChI is InChI=1S/C20H15ClN6O4/c1-10-8-14(17-18(22)26-31-19(17)23-10)11-2-4-12(5-3-11)24-20(28)25-16-7-6-13(27(29)30)9-15(16)21/h2-9H,1H3,(H2,22,26)(H2,24,25,28). The number of urea groups is 1. The van der Waals surface area contributed by atoms with Crippen LogP contribution in [0.15, 0.2) is 53.1 Å². The fraction of sp³-hybridized carbons (Fsp3) is 0.0500. The first-order valence-electron chi connectivity index (χ1n) is 8.96. The van der Waals surface area contributed by atoms with Crippen LogP contribution in [-0.4, -0.2) is 21.1 Å². The molecule has 11 heteroatoms. The highest BCUT2D eigenvalue weighted by Gasteiger charge is 2.15. The fourth-order valence-corrected chi connectivity index (χ4v) is 3.28. The monoisotopic (exact) mass is 438 g/mol. The van der Waals surface area contributed by atoms with Crippen LogP contribution in [0.4, 0.5) is 27.7 Å². The Hall–Kier alpha value is -4.18. The van der Waals surface area contributed by atoms with Crippen LogP contribution < -0.4 is 16.4 Å². The summed E-state index contributed by atoms with van der Waals surface area (Å²) in [6.07, 6.45) is 0. The van der Waals surface area contributed by atoms with Gasteiger partial charge in [0.15, 0.2) is 5.82 Å². The zero-order valence-electron chi connectivity index (χ0n) is 16.0. The van der Waals surface area contributed by atoms with Gasteiger partial charge in [0.2, 0.25) is 0 Å². The minimum absolute atomic E-state index is 0.0584. The van der Waals surface area contributed by atoms with Crippen molar-refractivity contribution < 1.29 is 14.2 Å². The molecule has 2 aromatic carbocycles. The third kappa shape index (κ3) is 4.09. The van der Waals surface area contributed by atoms with Gasteiger partial charge in [-0.25, -0.2) is 9.78 Å². The molecule has 2 amide bonds. The number of nitrogens with one attached hydrogen (secondary N) is 2. The van der Waals surface area contributed by atoms with Crippen molar-refractivity contribution in [2.24, 2.45) is 0 Å². The summed E-state index contributed by atoms with van der Waals surface area (Å²) in [5.41, 5.74) is 9.29. The van der Waals surface area contributed by atoms with Crippen LogP contribution in [0.1, 0.15) is 5.69 Å². The normalized spacial score (nSPS) is 10.8. The molecule has 0 atom stereocenters. The van der Waals surface area contributed by atoms with E-state index in [9.17, 15) is 14.9 Å². The van der Waals surface area contributed by atoms with Gasteiger partial charge in [-0.1, -0.05) is 28.9 Å². The third-order valence-corrected chi connectivity index (χ3v) is 4.78. The van der Waals surface area contributed by atoms with Gasteiger partial charge in [-0.15, -0.1) is 0 Å². The van der Waals surface area contributed by atoms with Gasteiger partial charge in [0.05, 0.1) is 21.0 Å². The van der Waals surface area contributed by atoms with Crippen LogP contribution in [0.2, 0.25) is 5.02 Å². The van der Waals surface area contributed by atoms with Crippen LogP contribution in [0.3, 0.4) is 0 Å². The van der Waals surface area contributed by atoms with Crippen molar-refractivity contribution in [3.63, 3.8) is 0 Å². The Labute approximate surface area is 180 Å². The second kappa shape index (κ2) is 7.92. The van der Waals surface area contributed by atoms with E-state index in [1.165, 1.54) is 18.2 Å². The Morgan fingerprint density at radius 1 is 1.16 bits per heavy atom. The summed E-state index contributed by atoms with van der Waals surface area (Å²) in [6, 6.07) is 12.2. The molecule has 4 N–H and O–H groups in total. The Morgan fingerprint density at radius 3 is 2.58 bits per heavy atom. The smallest absolute Gasteiger partial charge is 0.323 e. The predicted octanol–water partition coefficient (Wildman–Crippen LogP) is 4.99. The third-order valence-electron chi connectivity index (χ3n) is 4.47. The Morgan fingerprint density at radius 2 is 1.90 bits per heavy atom. The summed E-state index contributed by atoms with van der Waals surface area (Å²) < 4.78 is 5.16. The molecule has 4 aromatic rings. The predicted molar refractivity (Wildman–Crippen MR) is 117 cm³/mol. The number of rotatable bonds is 4. The number of nitrogens with two attached hydrogens (primary N) is 1. The van der Waals surface area contributed by atoms with E-state index in [4.69, 9.17) is 21.9 Å². The minimum atomic E-state index is -0.567. The Kier molecular flexibility index (Phi) is 5.14. The zero-order chi connectivity index (χ0) is 22.1. The van der Waals surface area contributed by atoms with Crippen molar-refractivity contribution in [2.45, 2.75) is 6.92 Å². The lowest BCUT2D eigenvalue weighted by Gasteiger charge is -2.10. The van der Waals surface area contributed by atoms with Crippen LogP contribution in [-0.2, 0) is 0 Å². The number of hydrogen-bond acceptors (Lipinski definition) is 7. The van der Waals surface area contributed by atoms with Gasteiger partial charge in [-0.3, -0.25) is 10.1 Å². The molecule has 0 bridgehead atoms. The number of carbonyl (C=O) groups is 1. The number of non-ortho nitro benzene ring substituents is 1. The molecular formula is C20H15ClN6O4. The first-order chi connectivity index (χ1) is 14.8. The quantitative estimate of drug-likeness (QED) is 0.300. The molecule has 31 heavy (non-hydrogen) atoms. The molecule has 0 aliphatic carbocycles. The van der Waals surface area contributed by atoms with Crippen molar-refractivity contribution >= 4 is 51.6 Å². The van der Waals surface area contributed by atoms with Crippen LogP contribution >= 0.6 is 11.6 Å². The summed E-state index contributed by atoms with van der Waals surface area (Å²) in [6.45, 7) is 1.84. The van der Waals surface area contributed by atoms with E-state index in [1.807, 2.05) is 25.1 Å². The maximum Gasteiger partial charge on any atom is 0.323 e. The minimum Gasteiger partial charge on any atom is -0.380 e. The first-order valence-corrected chi connectivity index (χ1v) is 9.34. The van der Waals surface area contributed by atoms with E-state index >= 15 is 0 Å². The number of nitrogen functional groups attached to an aromatic ring is 1. The van der Waals surface area contributed by atoms with Crippen molar-refractivity contribution in [1.29, 1.82) is 0 Å². The number of aromatic nitrogens is 2. The number of benzene rings is 2. The molecule has 0 spiro atoms. The van der Waals surface area contributed by atoms with Gasteiger partial charge >= 0.3 is 6.03 Å². The maximum atomic E-state index is 12.3. The summed E-state index contributed by atoms with van der Waals surface area (Å²) in [5, 5.41) is 20.5. The van der Waals surface area contributed by atoms with Gasteiger partial charge in [0.1, 0.15) is 0 Å². The van der Waals surface area contributed by atoms with E-state index in [1.54, 1.807) is 12.1 Å². The average Bonchev–Trinajstić information content (AvgIpc) is 3.10. The average molecular weight is 439 g/mol. The number of nitro groups is 1. The largest absolute Gasteiger partial charge is 0.380 e. The van der Waals surface area contributed by atoms with Crippen molar-refractivity contribution in [3.8, 4) is 11.1 Å². The lowest BCUT2D eigenvalue weighted by molar-refractivity contribution is -0.384. The molecule has 2 heterocycles. The number of halogens is 1. The number of carbonyl (C=O) groups excluding carboxylic acids is 1. The molecule has 0 unspecified atom stereocenters. The molecule has 0 saturated heterocycles. The van der Waals surface area contributed by atoms with Crippen LogP contribution in [0.5, 0.6) is 0 Å². The number of fused-ring (bicyclic) bond motifs is 1. The summed E-state index contributed by atoms with van der Waals surface area (Å²) in [7, 11) is 0. The highest BCUT2D eigenvalue weighted by molar-refractivity contribution is 6.34. The van der Waals surface area contributed by atoms with E-state index < -0.39 is 11.0 Å². The Balaban J connectivity index is 1.51. The molecule has 0 radical (unpaired) electrons. The highest BCUT2D eigenvalue weighted by atomic mass is 35.5. The summed E-state index contributed by atoms with van der Waals surface area (Å²) in [4.78, 5) is 26.8. The van der Waals surface area contributed by atoms with Gasteiger partial charge in [-0.2, -0.15) is 0 Å². The van der Waals surface area contributed by atoms with Gasteiger partial charge in [0, 0.05) is 29.1 Å². The molecule has 0 aliphatic rings. The molecule has 0 aliphatic heterocycles. The zero-order valence-corrected chi connectivity index (χ0v) is 16.8. The number of anilines is 3. The van der Waals surface area contributed by atoms with Crippen molar-refractivity contribution in [2.75, 3.05) is 16.4 Å². The second-order valence-corrected chi connectivity index (χ2v) is 7.04. The van der Waals surface area contributed by atoms with Gasteiger partial charge < -0.3 is 20.9 Å². The summed E-state index contributed by atoms with van der Waals surface area (Å²) in [5.74, 6) is 0.249. The van der Waals surface area contributed by atoms with E-state index in [2.05, 4.69) is 20.8 Å². The number of hydrogen-bond donors (Lipinski definition) is 3. The molecule has 10 nitrogen and oxygen atoms in total. The summed E-state index contributed by atoms with van der Waals surface area (Å²) >= 11 is 6.00. The fourth-order valence-electron chi connectivity index (χ4n) is 3.06. The van der Waals surface area contributed by atoms with Crippen molar-refractivity contribution in [3.05, 3.63) is 69.4 Å². The molecule has 0 saturated carbocycles. The SMILES string of the molecule is Cc1cc(-c2ccc(NC(=O)Nc3ccc([N+](=O)[O-])cc3Cl)cc2)c2c(N)noc2n1. The maximum absolute atomic E-state index is 12.3. The van der Waals surface area contributed by atoms with E-state index in [-0.39, 0.29) is 22.2 Å². The molecule has 4 rings (SSSR count). The lowest BCUT2D eigenvalue weighted by Crippen LogP contribution is -2.19. The lowest BCUT2D eigenvalue weighted by atomic mass is 10.0. The number of amides is 2. The van der Waals surface area contributed by atoms with Crippen LogP contribution in [0.25, 0.3) is 22.2 Å². The molecule has 2 aromatic heterocycles. The Bertz CT molecular complexity index is 1320.